The lowest BCUT2D eigenvalue weighted by Crippen LogP contribution is -2.53. The molecule has 0 saturated carbocycles. The van der Waals surface area contributed by atoms with Crippen molar-refractivity contribution in [1.29, 1.82) is 0 Å². The molecule has 0 saturated heterocycles. The summed E-state index contributed by atoms with van der Waals surface area (Å²) in [4.78, 5) is 44.8. The highest BCUT2D eigenvalue weighted by Gasteiger charge is 2.29. The lowest BCUT2D eigenvalue weighted by molar-refractivity contribution is -0.148. The number of benzene rings is 2. The molecule has 188 valence electrons. The van der Waals surface area contributed by atoms with Crippen molar-refractivity contribution >= 4 is 39.6 Å². The van der Waals surface area contributed by atoms with Crippen LogP contribution in [0.5, 0.6) is 0 Å². The lowest BCUT2D eigenvalue weighted by atomic mass is 10.0. The lowest BCUT2D eigenvalue weighted by Gasteiger charge is -2.22. The number of para-hydroxylation sites is 2. The van der Waals surface area contributed by atoms with Gasteiger partial charge in [0, 0.05) is 54.0 Å². The average molecular weight is 489 g/mol. The molecule has 2 unspecified atom stereocenters. The first-order valence-electron chi connectivity index (χ1n) is 12.3. The Morgan fingerprint density at radius 1 is 0.833 bits per heavy atom. The Morgan fingerprint density at radius 2 is 1.39 bits per heavy atom. The molecule has 4 N–H and O–H groups in total. The number of unbranched alkanes of at least 4 members (excludes halogenated alkanes) is 1. The Bertz CT molecular complexity index is 1360. The second kappa shape index (κ2) is 11.6. The number of fused-ring (bicyclic) bond motifs is 2. The summed E-state index contributed by atoms with van der Waals surface area (Å²) in [6.07, 6.45) is 5.87. The number of aromatic amines is 2. The number of H-pyrrole nitrogens is 2. The summed E-state index contributed by atoms with van der Waals surface area (Å²) in [5.41, 5.74) is 3.70. The third-order valence-corrected chi connectivity index (χ3v) is 6.24. The van der Waals surface area contributed by atoms with Crippen molar-refractivity contribution in [1.82, 2.24) is 20.6 Å². The van der Waals surface area contributed by atoms with Gasteiger partial charge in [-0.2, -0.15) is 0 Å². The first-order chi connectivity index (χ1) is 17.5. The van der Waals surface area contributed by atoms with E-state index in [4.69, 9.17) is 4.74 Å². The van der Waals surface area contributed by atoms with Gasteiger partial charge in [-0.3, -0.25) is 9.59 Å². The van der Waals surface area contributed by atoms with Crippen LogP contribution in [0.3, 0.4) is 0 Å². The molecule has 0 radical (unpaired) electrons. The number of amides is 2. The SMILES string of the molecule is CCCCOC(=O)C(Cc1c[nH]c2ccccc12)NC(=O)C(Cc1c[nH]c2ccccc12)NC(C)=O. The fourth-order valence-electron chi connectivity index (χ4n) is 4.38. The molecule has 8 nitrogen and oxygen atoms in total. The molecule has 0 aliphatic rings. The van der Waals surface area contributed by atoms with Crippen molar-refractivity contribution < 1.29 is 19.1 Å². The first kappa shape index (κ1) is 25.0. The number of rotatable bonds is 11. The Balaban J connectivity index is 1.56. The molecule has 2 atom stereocenters. The van der Waals surface area contributed by atoms with Crippen LogP contribution in [-0.4, -0.2) is 46.4 Å². The number of carbonyl (C=O) groups is 3. The van der Waals surface area contributed by atoms with Gasteiger partial charge in [0.1, 0.15) is 12.1 Å². The smallest absolute Gasteiger partial charge is 0.328 e. The van der Waals surface area contributed by atoms with Gasteiger partial charge < -0.3 is 25.3 Å². The van der Waals surface area contributed by atoms with Crippen LogP contribution in [0.4, 0.5) is 0 Å². The van der Waals surface area contributed by atoms with Crippen molar-refractivity contribution in [2.24, 2.45) is 0 Å². The molecule has 0 fully saturated rings. The fourth-order valence-corrected chi connectivity index (χ4v) is 4.38. The van der Waals surface area contributed by atoms with E-state index in [9.17, 15) is 14.4 Å². The van der Waals surface area contributed by atoms with Crippen LogP contribution in [0.2, 0.25) is 0 Å². The number of hydrogen-bond donors (Lipinski definition) is 4. The summed E-state index contributed by atoms with van der Waals surface area (Å²) >= 11 is 0. The molecule has 0 aliphatic heterocycles. The van der Waals surface area contributed by atoms with E-state index in [-0.39, 0.29) is 18.7 Å². The molecule has 2 aromatic carbocycles. The molecule has 4 rings (SSSR count). The standard InChI is InChI=1S/C28H32N4O4/c1-3-4-13-36-28(35)26(15-20-17-30-24-12-8-6-10-22(20)24)32-27(34)25(31-18(2)33)14-19-16-29-23-11-7-5-9-21(19)23/h5-12,16-17,25-26,29-30H,3-4,13-15H2,1-2H3,(H,31,33)(H,32,34). The van der Waals surface area contributed by atoms with Gasteiger partial charge in [-0.15, -0.1) is 0 Å². The van der Waals surface area contributed by atoms with E-state index >= 15 is 0 Å². The van der Waals surface area contributed by atoms with E-state index in [0.717, 1.165) is 45.8 Å². The fraction of sp³-hybridized carbons (Fsp3) is 0.321. The second-order valence-electron chi connectivity index (χ2n) is 8.96. The average Bonchev–Trinajstić information content (AvgIpc) is 3.47. The van der Waals surface area contributed by atoms with Gasteiger partial charge in [0.2, 0.25) is 11.8 Å². The van der Waals surface area contributed by atoms with Crippen LogP contribution in [-0.2, 0) is 32.0 Å². The van der Waals surface area contributed by atoms with E-state index in [1.165, 1.54) is 6.92 Å². The normalized spacial score (nSPS) is 12.8. The molecule has 0 aliphatic carbocycles. The van der Waals surface area contributed by atoms with Crippen molar-refractivity contribution in [3.05, 3.63) is 72.1 Å². The Kier molecular flexibility index (Phi) is 8.05. The Labute approximate surface area is 209 Å². The molecule has 2 heterocycles. The van der Waals surface area contributed by atoms with Crippen LogP contribution >= 0.6 is 0 Å². The van der Waals surface area contributed by atoms with Gasteiger partial charge in [0.25, 0.3) is 0 Å². The topological polar surface area (TPSA) is 116 Å². The quantitative estimate of drug-likeness (QED) is 0.190. The van der Waals surface area contributed by atoms with Crippen molar-refractivity contribution in [2.45, 2.75) is 51.6 Å². The number of ether oxygens (including phenoxy) is 1. The number of esters is 1. The van der Waals surface area contributed by atoms with Crippen molar-refractivity contribution in [3.8, 4) is 0 Å². The number of nitrogens with one attached hydrogen (secondary N) is 4. The summed E-state index contributed by atoms with van der Waals surface area (Å²) in [6, 6.07) is 13.8. The summed E-state index contributed by atoms with van der Waals surface area (Å²) in [5, 5.41) is 7.57. The zero-order valence-corrected chi connectivity index (χ0v) is 20.6. The van der Waals surface area contributed by atoms with Crippen molar-refractivity contribution in [3.63, 3.8) is 0 Å². The van der Waals surface area contributed by atoms with Crippen LogP contribution in [0, 0.1) is 0 Å². The highest BCUT2D eigenvalue weighted by molar-refractivity contribution is 5.92. The van der Waals surface area contributed by atoms with E-state index in [2.05, 4.69) is 20.6 Å². The molecule has 4 aromatic rings. The third kappa shape index (κ3) is 5.94. The van der Waals surface area contributed by atoms with Crippen LogP contribution < -0.4 is 10.6 Å². The van der Waals surface area contributed by atoms with E-state index in [1.807, 2.05) is 67.8 Å². The Morgan fingerprint density at radius 3 is 1.94 bits per heavy atom. The summed E-state index contributed by atoms with van der Waals surface area (Å²) in [6.45, 7) is 3.68. The van der Waals surface area contributed by atoms with Crippen molar-refractivity contribution in [2.75, 3.05) is 6.61 Å². The molecule has 2 aromatic heterocycles. The first-order valence-corrected chi connectivity index (χ1v) is 12.3. The summed E-state index contributed by atoms with van der Waals surface area (Å²) in [5.74, 6) is -1.25. The number of hydrogen-bond acceptors (Lipinski definition) is 4. The number of carbonyl (C=O) groups excluding carboxylic acids is 3. The molecule has 0 bridgehead atoms. The molecule has 36 heavy (non-hydrogen) atoms. The van der Waals surface area contributed by atoms with Gasteiger partial charge >= 0.3 is 5.97 Å². The minimum Gasteiger partial charge on any atom is -0.464 e. The minimum atomic E-state index is -0.896. The minimum absolute atomic E-state index is 0.264. The largest absolute Gasteiger partial charge is 0.464 e. The van der Waals surface area contributed by atoms with E-state index in [1.54, 1.807) is 0 Å². The van der Waals surface area contributed by atoms with Gasteiger partial charge in [0.05, 0.1) is 6.61 Å². The maximum Gasteiger partial charge on any atom is 0.328 e. The predicted octanol–water partition coefficient (Wildman–Crippen LogP) is 3.77. The number of aromatic nitrogens is 2. The molecule has 8 heteroatoms. The Hall–Kier alpha value is -4.07. The third-order valence-electron chi connectivity index (χ3n) is 6.24. The molecular formula is C28H32N4O4. The van der Waals surface area contributed by atoms with Crippen LogP contribution in [0.1, 0.15) is 37.8 Å². The molecule has 0 spiro atoms. The summed E-state index contributed by atoms with van der Waals surface area (Å²) < 4.78 is 5.47. The molecule has 2 amide bonds. The zero-order valence-electron chi connectivity index (χ0n) is 20.6. The van der Waals surface area contributed by atoms with E-state index in [0.29, 0.717) is 6.61 Å². The molecular weight excluding hydrogens is 456 g/mol. The maximum atomic E-state index is 13.4. The van der Waals surface area contributed by atoms with Crippen LogP contribution in [0.15, 0.2) is 60.9 Å². The predicted molar refractivity (Wildman–Crippen MR) is 139 cm³/mol. The summed E-state index contributed by atoms with van der Waals surface area (Å²) in [7, 11) is 0. The van der Waals surface area contributed by atoms with Gasteiger partial charge in [-0.05, 0) is 29.7 Å². The van der Waals surface area contributed by atoms with Gasteiger partial charge in [0.15, 0.2) is 0 Å². The van der Waals surface area contributed by atoms with E-state index < -0.39 is 24.0 Å². The monoisotopic (exact) mass is 488 g/mol. The highest BCUT2D eigenvalue weighted by Crippen LogP contribution is 2.21. The second-order valence-corrected chi connectivity index (χ2v) is 8.96. The van der Waals surface area contributed by atoms with Crippen LogP contribution in [0.25, 0.3) is 21.8 Å². The zero-order chi connectivity index (χ0) is 25.5. The van der Waals surface area contributed by atoms with Gasteiger partial charge in [-0.1, -0.05) is 49.7 Å². The van der Waals surface area contributed by atoms with Gasteiger partial charge in [-0.25, -0.2) is 4.79 Å². The maximum absolute atomic E-state index is 13.4. The highest BCUT2D eigenvalue weighted by atomic mass is 16.5.